The van der Waals surface area contributed by atoms with Gasteiger partial charge in [-0.1, -0.05) is 30.3 Å². The Morgan fingerprint density at radius 3 is 2.35 bits per heavy atom. The number of ether oxygens (including phenoxy) is 1. The molecule has 0 saturated carbocycles. The fourth-order valence-corrected chi connectivity index (χ4v) is 1.82. The van der Waals surface area contributed by atoms with Crippen LogP contribution in [-0.2, 0) is 12.8 Å². The molecule has 0 aromatic heterocycles. The van der Waals surface area contributed by atoms with Crippen molar-refractivity contribution in [3.63, 3.8) is 0 Å². The Balaban J connectivity index is 2.06. The lowest BCUT2D eigenvalue weighted by molar-refractivity contribution is 0.410. The van der Waals surface area contributed by atoms with E-state index in [0.717, 1.165) is 18.4 Å². The lowest BCUT2D eigenvalue weighted by atomic mass is 10.0. The van der Waals surface area contributed by atoms with Gasteiger partial charge < -0.3 is 4.74 Å². The summed E-state index contributed by atoms with van der Waals surface area (Å²) in [6.07, 6.45) is 1.73. The summed E-state index contributed by atoms with van der Waals surface area (Å²) in [5.74, 6) is 0.334. The van der Waals surface area contributed by atoms with Crippen LogP contribution in [0.2, 0.25) is 0 Å². The number of hydrogen-bond acceptors (Lipinski definition) is 1. The topological polar surface area (TPSA) is 9.23 Å². The molecule has 2 rings (SSSR count). The Bertz CT molecular complexity index is 480. The van der Waals surface area contributed by atoms with Crippen LogP contribution in [0.15, 0.2) is 48.5 Å². The Morgan fingerprint density at radius 1 is 0.941 bits per heavy atom. The molecule has 0 fully saturated rings. The van der Waals surface area contributed by atoms with E-state index in [2.05, 4.69) is 12.1 Å². The summed E-state index contributed by atoms with van der Waals surface area (Å²) in [6.45, 7) is 0. The van der Waals surface area contributed by atoms with Gasteiger partial charge in [0.15, 0.2) is 0 Å². The average Bonchev–Trinajstić information content (AvgIpc) is 2.37. The second kappa shape index (κ2) is 5.48. The minimum Gasteiger partial charge on any atom is -0.497 e. The van der Waals surface area contributed by atoms with Gasteiger partial charge in [-0.3, -0.25) is 0 Å². The Morgan fingerprint density at radius 2 is 1.65 bits per heavy atom. The molecule has 0 saturated heterocycles. The van der Waals surface area contributed by atoms with Gasteiger partial charge in [-0.2, -0.15) is 0 Å². The van der Waals surface area contributed by atoms with Gasteiger partial charge >= 0.3 is 0 Å². The fraction of sp³-hybridized carbons (Fsp3) is 0.200. The largest absolute Gasteiger partial charge is 0.497 e. The maximum absolute atomic E-state index is 13.3. The molecule has 0 amide bonds. The smallest absolute Gasteiger partial charge is 0.127 e. The van der Waals surface area contributed by atoms with Gasteiger partial charge in [-0.05, 0) is 36.1 Å². The van der Waals surface area contributed by atoms with E-state index in [-0.39, 0.29) is 5.82 Å². The number of rotatable bonds is 4. The van der Waals surface area contributed by atoms with E-state index < -0.39 is 0 Å². The van der Waals surface area contributed by atoms with Crippen LogP contribution in [0, 0.1) is 5.82 Å². The van der Waals surface area contributed by atoms with E-state index in [4.69, 9.17) is 4.74 Å². The molecule has 2 heteroatoms. The fourth-order valence-electron chi connectivity index (χ4n) is 1.82. The number of aryl methyl sites for hydroxylation is 2. The molecule has 0 aliphatic carbocycles. The van der Waals surface area contributed by atoms with Crippen LogP contribution in [0.5, 0.6) is 5.75 Å². The van der Waals surface area contributed by atoms with Gasteiger partial charge in [0.1, 0.15) is 11.6 Å². The van der Waals surface area contributed by atoms with E-state index in [1.807, 2.05) is 24.3 Å². The molecule has 88 valence electrons. The normalized spacial score (nSPS) is 10.2. The van der Waals surface area contributed by atoms with Gasteiger partial charge in [0.25, 0.3) is 0 Å². The molecule has 0 heterocycles. The van der Waals surface area contributed by atoms with Crippen molar-refractivity contribution >= 4 is 0 Å². The van der Waals surface area contributed by atoms with Crippen molar-refractivity contribution in [2.75, 3.05) is 7.11 Å². The van der Waals surface area contributed by atoms with E-state index in [0.29, 0.717) is 5.75 Å². The van der Waals surface area contributed by atoms with Crippen molar-refractivity contribution in [3.8, 4) is 5.75 Å². The summed E-state index contributed by atoms with van der Waals surface area (Å²) in [5, 5.41) is 0. The van der Waals surface area contributed by atoms with Crippen LogP contribution in [0.4, 0.5) is 4.39 Å². The van der Waals surface area contributed by atoms with Crippen LogP contribution >= 0.6 is 0 Å². The van der Waals surface area contributed by atoms with Gasteiger partial charge in [0.05, 0.1) is 7.11 Å². The first-order valence-corrected chi connectivity index (χ1v) is 5.65. The van der Waals surface area contributed by atoms with Crippen molar-refractivity contribution in [2.45, 2.75) is 12.8 Å². The predicted molar refractivity (Wildman–Crippen MR) is 66.8 cm³/mol. The molecule has 0 N–H and O–H groups in total. The molecule has 0 aliphatic rings. The van der Waals surface area contributed by atoms with E-state index in [1.54, 1.807) is 13.2 Å². The number of methoxy groups -OCH3 is 1. The summed E-state index contributed by atoms with van der Waals surface area (Å²) in [4.78, 5) is 0. The Labute approximate surface area is 101 Å². The summed E-state index contributed by atoms with van der Waals surface area (Å²) < 4.78 is 18.3. The summed E-state index contributed by atoms with van der Waals surface area (Å²) in [7, 11) is 1.55. The number of hydrogen-bond donors (Lipinski definition) is 0. The maximum atomic E-state index is 13.3. The van der Waals surface area contributed by atoms with Crippen molar-refractivity contribution in [1.29, 1.82) is 0 Å². The van der Waals surface area contributed by atoms with Crippen LogP contribution in [0.3, 0.4) is 0 Å². The predicted octanol–water partition coefficient (Wildman–Crippen LogP) is 3.62. The standard InChI is InChI=1S/C15H15FO/c1-17-15-10-13(9-14(16)11-15)8-7-12-5-3-2-4-6-12/h2-6,9-11H,7-8H2,1H3. The first-order valence-electron chi connectivity index (χ1n) is 5.65. The summed E-state index contributed by atoms with van der Waals surface area (Å²) in [5.41, 5.74) is 2.22. The Kier molecular flexibility index (Phi) is 3.76. The highest BCUT2D eigenvalue weighted by molar-refractivity contribution is 5.30. The summed E-state index contributed by atoms with van der Waals surface area (Å²) in [6, 6.07) is 15.0. The lowest BCUT2D eigenvalue weighted by Gasteiger charge is -2.05. The molecule has 2 aromatic rings. The molecule has 17 heavy (non-hydrogen) atoms. The third-order valence-electron chi connectivity index (χ3n) is 2.71. The third-order valence-corrected chi connectivity index (χ3v) is 2.71. The van der Waals surface area contributed by atoms with E-state index in [1.165, 1.54) is 11.6 Å². The molecule has 2 aromatic carbocycles. The lowest BCUT2D eigenvalue weighted by Crippen LogP contribution is -1.93. The van der Waals surface area contributed by atoms with Crippen molar-refractivity contribution in [3.05, 3.63) is 65.5 Å². The molecular formula is C15H15FO. The van der Waals surface area contributed by atoms with Crippen LogP contribution in [-0.4, -0.2) is 7.11 Å². The highest BCUT2D eigenvalue weighted by Gasteiger charge is 2.01. The van der Waals surface area contributed by atoms with Crippen molar-refractivity contribution in [2.24, 2.45) is 0 Å². The minimum atomic E-state index is -0.243. The van der Waals surface area contributed by atoms with Crippen LogP contribution in [0.1, 0.15) is 11.1 Å². The molecule has 1 nitrogen and oxygen atoms in total. The zero-order chi connectivity index (χ0) is 12.1. The van der Waals surface area contributed by atoms with Gasteiger partial charge in [0, 0.05) is 6.07 Å². The number of halogens is 1. The quantitative estimate of drug-likeness (QED) is 0.779. The van der Waals surface area contributed by atoms with Crippen molar-refractivity contribution < 1.29 is 9.13 Å². The molecular weight excluding hydrogens is 215 g/mol. The third kappa shape index (κ3) is 3.31. The van der Waals surface area contributed by atoms with Crippen LogP contribution in [0.25, 0.3) is 0 Å². The minimum absolute atomic E-state index is 0.243. The SMILES string of the molecule is COc1cc(F)cc(CCc2ccccc2)c1. The Hall–Kier alpha value is -1.83. The second-order valence-electron chi connectivity index (χ2n) is 3.98. The monoisotopic (exact) mass is 230 g/mol. The maximum Gasteiger partial charge on any atom is 0.127 e. The van der Waals surface area contributed by atoms with Gasteiger partial charge in [-0.25, -0.2) is 4.39 Å². The number of benzene rings is 2. The highest BCUT2D eigenvalue weighted by Crippen LogP contribution is 2.17. The molecule has 0 bridgehead atoms. The van der Waals surface area contributed by atoms with Gasteiger partial charge in [0.2, 0.25) is 0 Å². The molecule has 0 spiro atoms. The van der Waals surface area contributed by atoms with Crippen molar-refractivity contribution in [1.82, 2.24) is 0 Å². The zero-order valence-corrected chi connectivity index (χ0v) is 9.82. The van der Waals surface area contributed by atoms with E-state index >= 15 is 0 Å². The molecule has 0 aliphatic heterocycles. The van der Waals surface area contributed by atoms with E-state index in [9.17, 15) is 4.39 Å². The van der Waals surface area contributed by atoms with Gasteiger partial charge in [-0.15, -0.1) is 0 Å². The first-order chi connectivity index (χ1) is 8.28. The average molecular weight is 230 g/mol. The summed E-state index contributed by atoms with van der Waals surface area (Å²) >= 11 is 0. The molecule has 0 unspecified atom stereocenters. The first kappa shape index (κ1) is 11.6. The molecule has 0 radical (unpaired) electrons. The second-order valence-corrected chi connectivity index (χ2v) is 3.98. The van der Waals surface area contributed by atoms with Crippen LogP contribution < -0.4 is 4.74 Å². The highest BCUT2D eigenvalue weighted by atomic mass is 19.1. The molecule has 0 atom stereocenters. The zero-order valence-electron chi connectivity index (χ0n) is 9.82.